The summed E-state index contributed by atoms with van der Waals surface area (Å²) < 4.78 is 1.48. The first-order chi connectivity index (χ1) is 17.2. The Morgan fingerprint density at radius 1 is 0.944 bits per heavy atom. The van der Waals surface area contributed by atoms with E-state index in [1.54, 1.807) is 26.0 Å². The number of fused-ring (bicyclic) bond motifs is 1. The quantitative estimate of drug-likeness (QED) is 0.378. The smallest absolute Gasteiger partial charge is 0.278 e. The topological polar surface area (TPSA) is 93.1 Å². The molecule has 7 nitrogen and oxygen atoms in total. The van der Waals surface area contributed by atoms with Crippen LogP contribution in [0.5, 0.6) is 0 Å². The minimum atomic E-state index is -0.817. The van der Waals surface area contributed by atoms with Crippen molar-refractivity contribution < 1.29 is 9.59 Å². The molecular formula is C29H30N4O3. The second-order valence-corrected chi connectivity index (χ2v) is 8.99. The van der Waals surface area contributed by atoms with Gasteiger partial charge in [0, 0.05) is 17.7 Å². The number of nitrogens with one attached hydrogen (secondary N) is 2. The standard InChI is InChI=1S/C29H30N4O3/c1-6-26(34)30-23-15-14-17(2)16-21(23)27-29(36)33(25-13-8-7-11-24(25)31-27)20(5)28(35)32-22-12-9-10-18(3)19(22)4/h7-16,20H,6H2,1-5H3,(H,30,34)(H,32,35)/t20-/m0/s1. The number of hydrogen-bond acceptors (Lipinski definition) is 4. The summed E-state index contributed by atoms with van der Waals surface area (Å²) in [4.78, 5) is 44.2. The average Bonchev–Trinajstić information content (AvgIpc) is 2.87. The molecule has 0 aliphatic heterocycles. The van der Waals surface area contributed by atoms with Crippen LogP contribution < -0.4 is 16.2 Å². The summed E-state index contributed by atoms with van der Waals surface area (Å²) in [6.07, 6.45) is 0.304. The van der Waals surface area contributed by atoms with Crippen LogP contribution in [0.3, 0.4) is 0 Å². The number of hydrogen-bond donors (Lipinski definition) is 2. The fourth-order valence-electron chi connectivity index (χ4n) is 4.16. The van der Waals surface area contributed by atoms with Crippen LogP contribution in [0.1, 0.15) is 43.0 Å². The molecule has 0 aliphatic carbocycles. The Hall–Kier alpha value is -4.26. The lowest BCUT2D eigenvalue weighted by atomic mass is 10.0. The molecule has 2 N–H and O–H groups in total. The van der Waals surface area contributed by atoms with Gasteiger partial charge in [-0.15, -0.1) is 0 Å². The van der Waals surface area contributed by atoms with Gasteiger partial charge in [0.1, 0.15) is 11.7 Å². The van der Waals surface area contributed by atoms with Crippen molar-refractivity contribution in [3.63, 3.8) is 0 Å². The summed E-state index contributed by atoms with van der Waals surface area (Å²) in [7, 11) is 0. The molecule has 0 aliphatic rings. The van der Waals surface area contributed by atoms with Gasteiger partial charge in [-0.25, -0.2) is 4.98 Å². The van der Waals surface area contributed by atoms with Gasteiger partial charge >= 0.3 is 0 Å². The van der Waals surface area contributed by atoms with Gasteiger partial charge in [0.2, 0.25) is 11.8 Å². The van der Waals surface area contributed by atoms with E-state index in [-0.39, 0.29) is 17.5 Å². The summed E-state index contributed by atoms with van der Waals surface area (Å²) in [5.74, 6) is -0.473. The first kappa shape index (κ1) is 24.9. The zero-order valence-corrected chi connectivity index (χ0v) is 21.2. The van der Waals surface area contributed by atoms with Crippen molar-refractivity contribution in [3.8, 4) is 11.3 Å². The summed E-state index contributed by atoms with van der Waals surface area (Å²) in [6, 6.07) is 17.6. The fraction of sp³-hybridized carbons (Fsp3) is 0.241. The third kappa shape index (κ3) is 4.77. The first-order valence-corrected chi connectivity index (χ1v) is 12.0. The van der Waals surface area contributed by atoms with E-state index in [2.05, 4.69) is 15.6 Å². The number of carbonyl (C=O) groups is 2. The molecule has 1 heterocycles. The maximum atomic E-state index is 13.9. The fourth-order valence-corrected chi connectivity index (χ4v) is 4.16. The number of rotatable bonds is 6. The molecule has 2 amide bonds. The van der Waals surface area contributed by atoms with Crippen molar-refractivity contribution in [2.24, 2.45) is 0 Å². The number of nitrogens with zero attached hydrogens (tertiary/aromatic N) is 2. The molecule has 0 unspecified atom stereocenters. The molecule has 0 saturated carbocycles. The molecule has 3 aromatic carbocycles. The second kappa shape index (κ2) is 10.2. The van der Waals surface area contributed by atoms with Crippen LogP contribution in [-0.4, -0.2) is 21.4 Å². The highest BCUT2D eigenvalue weighted by molar-refractivity contribution is 5.97. The number of carbonyl (C=O) groups excluding carboxylic acids is 2. The predicted octanol–water partition coefficient (Wildman–Crippen LogP) is 5.54. The average molecular weight is 483 g/mol. The van der Waals surface area contributed by atoms with Crippen molar-refractivity contribution in [3.05, 3.63) is 87.7 Å². The molecule has 4 rings (SSSR count). The lowest BCUT2D eigenvalue weighted by Gasteiger charge is -2.20. The summed E-state index contributed by atoms with van der Waals surface area (Å²) in [6.45, 7) is 9.31. The van der Waals surface area contributed by atoms with Gasteiger partial charge in [-0.1, -0.05) is 42.8 Å². The van der Waals surface area contributed by atoms with Gasteiger partial charge in [-0.05, 0) is 69.2 Å². The van der Waals surface area contributed by atoms with E-state index in [4.69, 9.17) is 0 Å². The van der Waals surface area contributed by atoms with E-state index >= 15 is 0 Å². The zero-order chi connectivity index (χ0) is 26.0. The largest absolute Gasteiger partial charge is 0.325 e. The number of para-hydroxylation sites is 2. The molecule has 1 aromatic heterocycles. The van der Waals surface area contributed by atoms with Crippen molar-refractivity contribution in [2.75, 3.05) is 10.6 Å². The van der Waals surface area contributed by atoms with Crippen LogP contribution >= 0.6 is 0 Å². The molecule has 0 radical (unpaired) electrons. The highest BCUT2D eigenvalue weighted by atomic mass is 16.2. The molecule has 0 saturated heterocycles. The third-order valence-electron chi connectivity index (χ3n) is 6.45. The van der Waals surface area contributed by atoms with Crippen LogP contribution in [0.2, 0.25) is 0 Å². The molecule has 7 heteroatoms. The highest BCUT2D eigenvalue weighted by Gasteiger charge is 2.24. The van der Waals surface area contributed by atoms with Gasteiger partial charge < -0.3 is 10.6 Å². The molecule has 4 aromatic rings. The Morgan fingerprint density at radius 3 is 2.44 bits per heavy atom. The lowest BCUT2D eigenvalue weighted by molar-refractivity contribution is -0.119. The summed E-state index contributed by atoms with van der Waals surface area (Å²) in [5, 5.41) is 5.85. The zero-order valence-electron chi connectivity index (χ0n) is 21.2. The maximum Gasteiger partial charge on any atom is 0.278 e. The van der Waals surface area contributed by atoms with Gasteiger partial charge in [0.15, 0.2) is 0 Å². The molecule has 0 fully saturated rings. The van der Waals surface area contributed by atoms with Crippen LogP contribution in [0.25, 0.3) is 22.3 Å². The van der Waals surface area contributed by atoms with Crippen LogP contribution in [-0.2, 0) is 9.59 Å². The number of benzene rings is 3. The third-order valence-corrected chi connectivity index (χ3v) is 6.45. The Kier molecular flexibility index (Phi) is 7.01. The van der Waals surface area contributed by atoms with Crippen LogP contribution in [0.15, 0.2) is 65.5 Å². The van der Waals surface area contributed by atoms with E-state index in [9.17, 15) is 14.4 Å². The number of amides is 2. The van der Waals surface area contributed by atoms with E-state index in [0.29, 0.717) is 34.4 Å². The lowest BCUT2D eigenvalue weighted by Crippen LogP contribution is -2.33. The number of aryl methyl sites for hydroxylation is 2. The first-order valence-electron chi connectivity index (χ1n) is 12.0. The van der Waals surface area contributed by atoms with E-state index in [0.717, 1.165) is 16.7 Å². The Balaban J connectivity index is 1.87. The van der Waals surface area contributed by atoms with Crippen LogP contribution in [0.4, 0.5) is 11.4 Å². The summed E-state index contributed by atoms with van der Waals surface area (Å²) in [5.41, 5.74) is 5.59. The van der Waals surface area contributed by atoms with E-state index in [1.165, 1.54) is 4.57 Å². The number of aromatic nitrogens is 2. The van der Waals surface area contributed by atoms with Gasteiger partial charge in [-0.2, -0.15) is 0 Å². The molecule has 0 spiro atoms. The van der Waals surface area contributed by atoms with E-state index in [1.807, 2.05) is 69.3 Å². The molecule has 1 atom stereocenters. The summed E-state index contributed by atoms with van der Waals surface area (Å²) >= 11 is 0. The Morgan fingerprint density at radius 2 is 1.69 bits per heavy atom. The molecule has 0 bridgehead atoms. The van der Waals surface area contributed by atoms with Crippen molar-refractivity contribution in [1.29, 1.82) is 0 Å². The highest BCUT2D eigenvalue weighted by Crippen LogP contribution is 2.28. The van der Waals surface area contributed by atoms with Crippen molar-refractivity contribution in [1.82, 2.24) is 9.55 Å². The van der Waals surface area contributed by atoms with Crippen LogP contribution in [0, 0.1) is 20.8 Å². The predicted molar refractivity (Wildman–Crippen MR) is 144 cm³/mol. The molecule has 36 heavy (non-hydrogen) atoms. The maximum absolute atomic E-state index is 13.9. The second-order valence-electron chi connectivity index (χ2n) is 8.99. The normalized spacial score (nSPS) is 11.8. The van der Waals surface area contributed by atoms with Crippen molar-refractivity contribution >= 4 is 34.2 Å². The number of anilines is 2. The Bertz CT molecular complexity index is 1540. The van der Waals surface area contributed by atoms with Gasteiger partial charge in [0.25, 0.3) is 5.56 Å². The van der Waals surface area contributed by atoms with E-state index < -0.39 is 11.6 Å². The minimum Gasteiger partial charge on any atom is -0.325 e. The SMILES string of the molecule is CCC(=O)Nc1ccc(C)cc1-c1nc2ccccc2n([C@@H](C)C(=O)Nc2cccc(C)c2C)c1=O. The molecule has 184 valence electrons. The van der Waals surface area contributed by atoms with Crippen molar-refractivity contribution in [2.45, 2.75) is 47.1 Å². The van der Waals surface area contributed by atoms with Gasteiger partial charge in [0.05, 0.1) is 16.7 Å². The monoisotopic (exact) mass is 482 g/mol. The Labute approximate surface area is 210 Å². The minimum absolute atomic E-state index is 0.164. The van der Waals surface area contributed by atoms with Gasteiger partial charge in [-0.3, -0.25) is 19.0 Å². The molecular weight excluding hydrogens is 452 g/mol.